The lowest BCUT2D eigenvalue weighted by Crippen LogP contribution is -2.50. The van der Waals surface area contributed by atoms with Crippen molar-refractivity contribution in [1.29, 1.82) is 0 Å². The highest BCUT2D eigenvalue weighted by atomic mass is 16.2. The molecule has 1 saturated heterocycles. The van der Waals surface area contributed by atoms with Crippen LogP contribution in [0.4, 0.5) is 0 Å². The molecule has 1 aliphatic heterocycles. The minimum absolute atomic E-state index is 0.306. The van der Waals surface area contributed by atoms with E-state index in [0.29, 0.717) is 30.5 Å². The van der Waals surface area contributed by atoms with Gasteiger partial charge in [0.15, 0.2) is 0 Å². The van der Waals surface area contributed by atoms with Gasteiger partial charge in [-0.05, 0) is 45.2 Å². The van der Waals surface area contributed by atoms with Gasteiger partial charge in [0, 0.05) is 25.7 Å². The number of nitrogens with zero attached hydrogens (tertiary/aromatic N) is 2. The molecule has 2 aliphatic rings. The van der Waals surface area contributed by atoms with Crippen LogP contribution < -0.4 is 5.32 Å². The van der Waals surface area contributed by atoms with Gasteiger partial charge in [-0.2, -0.15) is 0 Å². The van der Waals surface area contributed by atoms with Gasteiger partial charge in [0.1, 0.15) is 0 Å². The first-order chi connectivity index (χ1) is 9.61. The van der Waals surface area contributed by atoms with Crippen molar-refractivity contribution in [2.45, 2.75) is 57.5 Å². The summed E-state index contributed by atoms with van der Waals surface area (Å²) < 4.78 is 0. The minimum atomic E-state index is 0.306. The van der Waals surface area contributed by atoms with Crippen LogP contribution in [0.1, 0.15) is 45.4 Å². The lowest BCUT2D eigenvalue weighted by Gasteiger charge is -2.38. The Balaban J connectivity index is 1.84. The second-order valence-corrected chi connectivity index (χ2v) is 6.70. The summed E-state index contributed by atoms with van der Waals surface area (Å²) in [6.45, 7) is 4.97. The van der Waals surface area contributed by atoms with E-state index in [1.165, 1.54) is 38.5 Å². The van der Waals surface area contributed by atoms with Gasteiger partial charge in [0.05, 0.1) is 6.54 Å². The van der Waals surface area contributed by atoms with Crippen LogP contribution in [-0.2, 0) is 4.79 Å². The number of amides is 1. The maximum absolute atomic E-state index is 12.5. The Labute approximate surface area is 123 Å². The molecule has 0 spiro atoms. The van der Waals surface area contributed by atoms with Crippen LogP contribution in [0.25, 0.3) is 0 Å². The topological polar surface area (TPSA) is 35.6 Å². The second kappa shape index (κ2) is 7.41. The highest BCUT2D eigenvalue weighted by Crippen LogP contribution is 2.27. The molecular formula is C16H31N3O. The fourth-order valence-corrected chi connectivity index (χ4v) is 3.79. The van der Waals surface area contributed by atoms with Crippen LogP contribution in [0.15, 0.2) is 0 Å². The van der Waals surface area contributed by atoms with Gasteiger partial charge < -0.3 is 10.2 Å². The Morgan fingerprint density at radius 3 is 2.70 bits per heavy atom. The first kappa shape index (κ1) is 15.8. The van der Waals surface area contributed by atoms with Crippen molar-refractivity contribution >= 4 is 5.91 Å². The molecule has 20 heavy (non-hydrogen) atoms. The molecule has 0 bridgehead atoms. The molecule has 0 aromatic heterocycles. The number of nitrogens with one attached hydrogen (secondary N) is 1. The average molecular weight is 281 g/mol. The van der Waals surface area contributed by atoms with E-state index in [1.54, 1.807) is 0 Å². The lowest BCUT2D eigenvalue weighted by atomic mass is 9.85. The molecule has 1 saturated carbocycles. The molecule has 3 unspecified atom stereocenters. The van der Waals surface area contributed by atoms with E-state index in [1.807, 2.05) is 19.0 Å². The second-order valence-electron chi connectivity index (χ2n) is 6.70. The Morgan fingerprint density at radius 2 is 2.00 bits per heavy atom. The summed E-state index contributed by atoms with van der Waals surface area (Å²) >= 11 is 0. The van der Waals surface area contributed by atoms with Crippen LogP contribution in [0.5, 0.6) is 0 Å². The quantitative estimate of drug-likeness (QED) is 0.852. The van der Waals surface area contributed by atoms with E-state index in [0.717, 1.165) is 13.1 Å². The van der Waals surface area contributed by atoms with E-state index < -0.39 is 0 Å². The van der Waals surface area contributed by atoms with Crippen molar-refractivity contribution < 1.29 is 4.79 Å². The summed E-state index contributed by atoms with van der Waals surface area (Å²) in [4.78, 5) is 16.9. The average Bonchev–Trinajstić information content (AvgIpc) is 2.47. The predicted octanol–water partition coefficient (Wildman–Crippen LogP) is 1.71. The maximum Gasteiger partial charge on any atom is 0.236 e. The minimum Gasteiger partial charge on any atom is -0.341 e. The molecule has 1 heterocycles. The van der Waals surface area contributed by atoms with Gasteiger partial charge in [0.2, 0.25) is 5.91 Å². The number of rotatable bonds is 4. The molecule has 0 radical (unpaired) electrons. The Hall–Kier alpha value is -0.610. The molecule has 3 atom stereocenters. The summed E-state index contributed by atoms with van der Waals surface area (Å²) in [7, 11) is 4.03. The smallest absolute Gasteiger partial charge is 0.236 e. The molecule has 1 N–H and O–H groups in total. The molecule has 1 amide bonds. The molecule has 4 heteroatoms. The molecular weight excluding hydrogens is 250 g/mol. The van der Waals surface area contributed by atoms with Crippen LogP contribution in [0.2, 0.25) is 0 Å². The Bertz CT molecular complexity index is 321. The van der Waals surface area contributed by atoms with Gasteiger partial charge >= 0.3 is 0 Å². The summed E-state index contributed by atoms with van der Waals surface area (Å²) in [6.07, 6.45) is 7.49. The fraction of sp³-hybridized carbons (Fsp3) is 0.938. The zero-order chi connectivity index (χ0) is 14.5. The van der Waals surface area contributed by atoms with Crippen LogP contribution >= 0.6 is 0 Å². The van der Waals surface area contributed by atoms with E-state index in [9.17, 15) is 4.79 Å². The fourth-order valence-electron chi connectivity index (χ4n) is 3.79. The number of carbonyl (C=O) groups is 1. The van der Waals surface area contributed by atoms with Crippen molar-refractivity contribution in [1.82, 2.24) is 15.1 Å². The van der Waals surface area contributed by atoms with E-state index in [-0.39, 0.29) is 0 Å². The monoisotopic (exact) mass is 281 g/mol. The van der Waals surface area contributed by atoms with Crippen LogP contribution in [0.3, 0.4) is 0 Å². The molecule has 0 aromatic rings. The summed E-state index contributed by atoms with van der Waals surface area (Å²) in [6, 6.07) is 1.01. The highest BCUT2D eigenvalue weighted by molar-refractivity contribution is 5.78. The molecule has 2 rings (SSSR count). The van der Waals surface area contributed by atoms with E-state index in [2.05, 4.69) is 17.1 Å². The van der Waals surface area contributed by atoms with Crippen LogP contribution in [0, 0.1) is 5.92 Å². The first-order valence-electron chi connectivity index (χ1n) is 8.27. The number of hydrogen-bond donors (Lipinski definition) is 1. The highest BCUT2D eigenvalue weighted by Gasteiger charge is 2.29. The zero-order valence-electron chi connectivity index (χ0n) is 13.4. The lowest BCUT2D eigenvalue weighted by molar-refractivity contribution is -0.135. The van der Waals surface area contributed by atoms with Gasteiger partial charge in [-0.25, -0.2) is 0 Å². The van der Waals surface area contributed by atoms with Crippen molar-refractivity contribution in [2.75, 3.05) is 33.7 Å². The van der Waals surface area contributed by atoms with Crippen molar-refractivity contribution in [3.8, 4) is 0 Å². The van der Waals surface area contributed by atoms with Gasteiger partial charge in [0.25, 0.3) is 0 Å². The largest absolute Gasteiger partial charge is 0.341 e. The molecule has 116 valence electrons. The van der Waals surface area contributed by atoms with Crippen molar-refractivity contribution in [3.63, 3.8) is 0 Å². The third-order valence-electron chi connectivity index (χ3n) is 5.23. The van der Waals surface area contributed by atoms with Gasteiger partial charge in [-0.3, -0.25) is 9.69 Å². The normalized spacial score (nSPS) is 32.0. The van der Waals surface area contributed by atoms with E-state index >= 15 is 0 Å². The number of hydrogen-bond acceptors (Lipinski definition) is 3. The summed E-state index contributed by atoms with van der Waals surface area (Å²) in [5.74, 6) is 0.963. The number of likely N-dealkylation sites (N-methyl/N-ethyl adjacent to an activating group) is 2. The zero-order valence-corrected chi connectivity index (χ0v) is 13.4. The van der Waals surface area contributed by atoms with Gasteiger partial charge in [-0.1, -0.05) is 19.8 Å². The third kappa shape index (κ3) is 3.95. The van der Waals surface area contributed by atoms with Gasteiger partial charge in [-0.15, -0.1) is 0 Å². The summed E-state index contributed by atoms with van der Waals surface area (Å²) in [5, 5.41) is 3.34. The first-order valence-corrected chi connectivity index (χ1v) is 8.27. The molecule has 1 aliphatic carbocycles. The standard InChI is InChI=1S/C16H31N3O/c1-13-7-4-5-9-15(13)18(3)16(20)12-19-10-6-8-14(11-19)17-2/h13-15,17H,4-12H2,1-3H3. The SMILES string of the molecule is CNC1CCCN(CC(=O)N(C)C2CCCCC2C)C1. The number of carbonyl (C=O) groups excluding carboxylic acids is 1. The summed E-state index contributed by atoms with van der Waals surface area (Å²) in [5.41, 5.74) is 0. The third-order valence-corrected chi connectivity index (χ3v) is 5.23. The van der Waals surface area contributed by atoms with Crippen LogP contribution in [-0.4, -0.2) is 61.5 Å². The maximum atomic E-state index is 12.5. The molecule has 4 nitrogen and oxygen atoms in total. The number of likely N-dealkylation sites (tertiary alicyclic amines) is 1. The molecule has 0 aromatic carbocycles. The van der Waals surface area contributed by atoms with E-state index in [4.69, 9.17) is 0 Å². The van der Waals surface area contributed by atoms with Crippen molar-refractivity contribution in [2.24, 2.45) is 5.92 Å². The predicted molar refractivity (Wildman–Crippen MR) is 82.7 cm³/mol. The Morgan fingerprint density at radius 1 is 1.25 bits per heavy atom. The number of piperidine rings is 1. The van der Waals surface area contributed by atoms with Crippen molar-refractivity contribution in [3.05, 3.63) is 0 Å². The Kier molecular flexibility index (Phi) is 5.85. The molecule has 2 fully saturated rings.